The molecule has 1 aromatic rings. The first-order valence-electron chi connectivity index (χ1n) is 6.16. The Morgan fingerprint density at radius 1 is 1.63 bits per heavy atom. The van der Waals surface area contributed by atoms with Gasteiger partial charge in [-0.15, -0.1) is 0 Å². The zero-order chi connectivity index (χ0) is 13.8. The first kappa shape index (κ1) is 13.6. The van der Waals surface area contributed by atoms with Gasteiger partial charge in [-0.25, -0.2) is 4.98 Å². The van der Waals surface area contributed by atoms with Gasteiger partial charge in [-0.1, -0.05) is 0 Å². The number of hydrogen-bond acceptors (Lipinski definition) is 6. The van der Waals surface area contributed by atoms with Gasteiger partial charge in [-0.05, 0) is 19.2 Å². The van der Waals surface area contributed by atoms with Crippen molar-refractivity contribution in [1.29, 1.82) is 0 Å². The lowest BCUT2D eigenvalue weighted by Crippen LogP contribution is -2.43. The number of carbonyl (C=O) groups excluding carboxylic acids is 1. The van der Waals surface area contributed by atoms with Gasteiger partial charge in [-0.2, -0.15) is 0 Å². The number of anilines is 2. The van der Waals surface area contributed by atoms with E-state index in [4.69, 9.17) is 16.2 Å². The van der Waals surface area contributed by atoms with E-state index in [9.17, 15) is 4.79 Å². The lowest BCUT2D eigenvalue weighted by atomic mass is 10.2. The highest BCUT2D eigenvalue weighted by atomic mass is 16.5. The Labute approximate surface area is 111 Å². The molecule has 0 aliphatic carbocycles. The van der Waals surface area contributed by atoms with E-state index in [1.165, 1.54) is 6.07 Å². The number of primary amides is 1. The van der Waals surface area contributed by atoms with Gasteiger partial charge in [0.05, 0.1) is 18.4 Å². The summed E-state index contributed by atoms with van der Waals surface area (Å²) in [6.45, 7) is 3.09. The van der Waals surface area contributed by atoms with Crippen molar-refractivity contribution in [1.82, 2.24) is 9.88 Å². The summed E-state index contributed by atoms with van der Waals surface area (Å²) in [5, 5.41) is 3.10. The quantitative estimate of drug-likeness (QED) is 0.678. The van der Waals surface area contributed by atoms with E-state index in [0.29, 0.717) is 24.7 Å². The van der Waals surface area contributed by atoms with Gasteiger partial charge in [0.15, 0.2) is 0 Å². The number of ether oxygens (including phenoxy) is 1. The van der Waals surface area contributed by atoms with Crippen molar-refractivity contribution >= 4 is 17.4 Å². The monoisotopic (exact) mass is 265 g/mol. The first-order valence-corrected chi connectivity index (χ1v) is 6.16. The second-order valence-electron chi connectivity index (χ2n) is 4.63. The number of likely N-dealkylation sites (N-methyl/N-ethyl adjacent to an activating group) is 1. The lowest BCUT2D eigenvalue weighted by molar-refractivity contribution is -0.0117. The Kier molecular flexibility index (Phi) is 4.18. The summed E-state index contributed by atoms with van der Waals surface area (Å²) in [5.74, 6) is -0.107. The van der Waals surface area contributed by atoms with Crippen LogP contribution in [0.3, 0.4) is 0 Å². The number of amides is 1. The molecule has 0 radical (unpaired) electrons. The number of hydrogen-bond donors (Lipinski definition) is 3. The highest BCUT2D eigenvalue weighted by Gasteiger charge is 2.18. The van der Waals surface area contributed by atoms with E-state index >= 15 is 0 Å². The fraction of sp³-hybridized carbons (Fsp3) is 0.500. The molecule has 19 heavy (non-hydrogen) atoms. The molecule has 7 nitrogen and oxygen atoms in total. The number of aromatic nitrogens is 1. The molecule has 1 aliphatic heterocycles. The van der Waals surface area contributed by atoms with Crippen LogP contribution in [-0.2, 0) is 4.74 Å². The Balaban J connectivity index is 1.98. The van der Waals surface area contributed by atoms with E-state index in [-0.39, 0.29) is 11.8 Å². The van der Waals surface area contributed by atoms with Crippen LogP contribution in [0.25, 0.3) is 0 Å². The molecule has 1 aromatic heterocycles. The zero-order valence-electron chi connectivity index (χ0n) is 10.9. The van der Waals surface area contributed by atoms with Gasteiger partial charge in [0.2, 0.25) is 0 Å². The molecule has 1 saturated heterocycles. The Bertz CT molecular complexity index is 465. The molecule has 1 atom stereocenters. The van der Waals surface area contributed by atoms with Crippen LogP contribution < -0.4 is 16.8 Å². The van der Waals surface area contributed by atoms with Crippen molar-refractivity contribution < 1.29 is 9.53 Å². The van der Waals surface area contributed by atoms with Gasteiger partial charge in [0.25, 0.3) is 5.91 Å². The average molecular weight is 265 g/mol. The van der Waals surface area contributed by atoms with Gasteiger partial charge >= 0.3 is 0 Å². The van der Waals surface area contributed by atoms with Crippen LogP contribution in [0, 0.1) is 0 Å². The van der Waals surface area contributed by atoms with Crippen molar-refractivity contribution in [2.75, 3.05) is 44.3 Å². The third-order valence-electron chi connectivity index (χ3n) is 3.02. The van der Waals surface area contributed by atoms with E-state index in [2.05, 4.69) is 22.2 Å². The maximum atomic E-state index is 11.1. The van der Waals surface area contributed by atoms with Gasteiger partial charge < -0.3 is 26.4 Å². The number of pyridine rings is 1. The van der Waals surface area contributed by atoms with Crippen molar-refractivity contribution in [3.05, 3.63) is 17.8 Å². The fourth-order valence-corrected chi connectivity index (χ4v) is 1.95. The van der Waals surface area contributed by atoms with Crippen LogP contribution in [0.1, 0.15) is 10.5 Å². The molecule has 2 rings (SSSR count). The molecule has 0 saturated carbocycles. The summed E-state index contributed by atoms with van der Waals surface area (Å²) in [6.07, 6.45) is 0.0807. The number of nitrogens with one attached hydrogen (secondary N) is 1. The number of nitrogens with zero attached hydrogens (tertiary/aromatic N) is 2. The molecule has 1 unspecified atom stereocenters. The standard InChI is InChI=1S/C12H19N5O2/c1-17-4-5-19-8(7-17)6-15-12-9(13)2-3-10(16-12)11(14)18/h2-3,8H,4-7,13H2,1H3,(H2,14,18)(H,15,16). The molecule has 1 aliphatic rings. The van der Waals surface area contributed by atoms with Crippen LogP contribution in [0.4, 0.5) is 11.5 Å². The molecule has 1 fully saturated rings. The normalized spacial score (nSPS) is 20.2. The predicted octanol–water partition coefficient (Wildman–Crippen LogP) is -0.495. The topological polar surface area (TPSA) is 106 Å². The molecular formula is C12H19N5O2. The van der Waals surface area contributed by atoms with Crippen LogP contribution in [-0.4, -0.2) is 55.2 Å². The Morgan fingerprint density at radius 3 is 3.11 bits per heavy atom. The minimum absolute atomic E-state index is 0.0807. The van der Waals surface area contributed by atoms with Gasteiger partial charge in [0, 0.05) is 19.6 Å². The molecule has 7 heteroatoms. The summed E-state index contributed by atoms with van der Waals surface area (Å²) in [6, 6.07) is 3.12. The summed E-state index contributed by atoms with van der Waals surface area (Å²) in [7, 11) is 2.05. The number of carbonyl (C=O) groups is 1. The molecule has 1 amide bonds. The van der Waals surface area contributed by atoms with Crippen molar-refractivity contribution in [3.8, 4) is 0 Å². The van der Waals surface area contributed by atoms with Gasteiger partial charge in [-0.3, -0.25) is 4.79 Å². The van der Waals surface area contributed by atoms with E-state index in [1.54, 1.807) is 6.07 Å². The van der Waals surface area contributed by atoms with E-state index in [1.807, 2.05) is 0 Å². The van der Waals surface area contributed by atoms with Gasteiger partial charge in [0.1, 0.15) is 11.5 Å². The maximum Gasteiger partial charge on any atom is 0.267 e. The summed E-state index contributed by atoms with van der Waals surface area (Å²) < 4.78 is 5.62. The molecule has 0 aromatic carbocycles. The third-order valence-corrected chi connectivity index (χ3v) is 3.02. The minimum atomic E-state index is -0.573. The van der Waals surface area contributed by atoms with Crippen molar-refractivity contribution in [2.45, 2.75) is 6.10 Å². The number of nitrogens with two attached hydrogens (primary N) is 2. The Morgan fingerprint density at radius 2 is 2.42 bits per heavy atom. The molecule has 5 N–H and O–H groups in total. The molecule has 0 spiro atoms. The maximum absolute atomic E-state index is 11.1. The summed E-state index contributed by atoms with van der Waals surface area (Å²) >= 11 is 0. The van der Waals surface area contributed by atoms with Crippen LogP contribution in [0.5, 0.6) is 0 Å². The van der Waals surface area contributed by atoms with E-state index in [0.717, 1.165) is 13.1 Å². The van der Waals surface area contributed by atoms with E-state index < -0.39 is 5.91 Å². The lowest BCUT2D eigenvalue weighted by Gasteiger charge is -2.30. The van der Waals surface area contributed by atoms with Crippen molar-refractivity contribution in [2.24, 2.45) is 5.73 Å². The SMILES string of the molecule is CN1CCOC(CNc2nc(C(N)=O)ccc2N)C1. The van der Waals surface area contributed by atoms with Crippen LogP contribution in [0.15, 0.2) is 12.1 Å². The number of nitrogen functional groups attached to an aromatic ring is 1. The van der Waals surface area contributed by atoms with Crippen LogP contribution >= 0.6 is 0 Å². The fourth-order valence-electron chi connectivity index (χ4n) is 1.95. The second-order valence-corrected chi connectivity index (χ2v) is 4.63. The third kappa shape index (κ3) is 3.55. The highest BCUT2D eigenvalue weighted by molar-refractivity contribution is 5.91. The second kappa shape index (κ2) is 5.85. The smallest absolute Gasteiger partial charge is 0.267 e. The predicted molar refractivity (Wildman–Crippen MR) is 72.9 cm³/mol. The van der Waals surface area contributed by atoms with Crippen LogP contribution in [0.2, 0.25) is 0 Å². The molecular weight excluding hydrogens is 246 g/mol. The minimum Gasteiger partial charge on any atom is -0.396 e. The average Bonchev–Trinajstić information content (AvgIpc) is 2.37. The largest absolute Gasteiger partial charge is 0.396 e. The molecule has 104 valence electrons. The summed E-state index contributed by atoms with van der Waals surface area (Å²) in [5.41, 5.74) is 11.7. The molecule has 2 heterocycles. The highest BCUT2D eigenvalue weighted by Crippen LogP contribution is 2.16. The zero-order valence-corrected chi connectivity index (χ0v) is 10.9. The van der Waals surface area contributed by atoms with Crippen molar-refractivity contribution in [3.63, 3.8) is 0 Å². The number of rotatable bonds is 4. The number of morpholine rings is 1. The first-order chi connectivity index (χ1) is 9.06. The Hall–Kier alpha value is -1.86. The molecule has 0 bridgehead atoms. The summed E-state index contributed by atoms with van der Waals surface area (Å²) in [4.78, 5) is 17.4.